The Kier molecular flexibility index (Phi) is 2.32. The van der Waals surface area contributed by atoms with Crippen LogP contribution in [0.5, 0.6) is 0 Å². The lowest BCUT2D eigenvalue weighted by Gasteiger charge is -2.12. The third kappa shape index (κ3) is 1.67. The molecule has 78 valence electrons. The molecule has 1 aliphatic heterocycles. The minimum absolute atomic E-state index is 0.0287. The highest BCUT2D eigenvalue weighted by Gasteiger charge is 2.29. The number of hydrogen-bond donors (Lipinski definition) is 1. The molecule has 0 saturated carbocycles. The summed E-state index contributed by atoms with van der Waals surface area (Å²) in [6.07, 6.45) is 4.13. The van der Waals surface area contributed by atoms with Crippen molar-refractivity contribution in [3.05, 3.63) is 18.2 Å². The van der Waals surface area contributed by atoms with Gasteiger partial charge in [0.1, 0.15) is 5.82 Å². The molecule has 14 heavy (non-hydrogen) atoms. The van der Waals surface area contributed by atoms with E-state index in [4.69, 9.17) is 5.73 Å². The molecule has 0 radical (unpaired) electrons. The third-order valence-electron chi connectivity index (χ3n) is 2.53. The SMILES string of the molecule is NCc1nccn1C1CCS(=O)(=O)C1. The molecule has 1 aliphatic rings. The number of aromatic nitrogens is 2. The van der Waals surface area contributed by atoms with Crippen molar-refractivity contribution in [1.29, 1.82) is 0 Å². The molecule has 2 rings (SSSR count). The normalized spacial score (nSPS) is 25.4. The van der Waals surface area contributed by atoms with Crippen LogP contribution < -0.4 is 5.73 Å². The molecule has 1 aromatic heterocycles. The van der Waals surface area contributed by atoms with Crippen molar-refractivity contribution < 1.29 is 8.42 Å². The van der Waals surface area contributed by atoms with Gasteiger partial charge in [-0.2, -0.15) is 0 Å². The van der Waals surface area contributed by atoms with E-state index in [1.807, 2.05) is 4.57 Å². The van der Waals surface area contributed by atoms with Crippen molar-refractivity contribution in [2.45, 2.75) is 19.0 Å². The van der Waals surface area contributed by atoms with Gasteiger partial charge >= 0.3 is 0 Å². The van der Waals surface area contributed by atoms with Gasteiger partial charge in [0.05, 0.1) is 18.1 Å². The molecular weight excluding hydrogens is 202 g/mol. The van der Waals surface area contributed by atoms with Crippen LogP contribution in [0.3, 0.4) is 0 Å². The Labute approximate surface area is 82.9 Å². The zero-order valence-electron chi connectivity index (χ0n) is 7.76. The molecule has 2 heterocycles. The van der Waals surface area contributed by atoms with Gasteiger partial charge in [-0.3, -0.25) is 0 Å². The van der Waals surface area contributed by atoms with E-state index in [-0.39, 0.29) is 17.5 Å². The summed E-state index contributed by atoms with van der Waals surface area (Å²) >= 11 is 0. The summed E-state index contributed by atoms with van der Waals surface area (Å²) in [7, 11) is -2.84. The minimum atomic E-state index is -2.84. The lowest BCUT2D eigenvalue weighted by atomic mass is 10.2. The van der Waals surface area contributed by atoms with E-state index in [1.54, 1.807) is 12.4 Å². The molecular formula is C8H13N3O2S. The Morgan fingerprint density at radius 2 is 2.43 bits per heavy atom. The van der Waals surface area contributed by atoms with Crippen LogP contribution in [0.25, 0.3) is 0 Å². The summed E-state index contributed by atoms with van der Waals surface area (Å²) in [5.41, 5.74) is 5.50. The Bertz CT molecular complexity index is 424. The molecule has 2 N–H and O–H groups in total. The molecule has 0 bridgehead atoms. The fourth-order valence-corrected chi connectivity index (χ4v) is 3.54. The lowest BCUT2D eigenvalue weighted by Crippen LogP contribution is -2.15. The molecule has 0 aliphatic carbocycles. The van der Waals surface area contributed by atoms with Crippen molar-refractivity contribution >= 4 is 9.84 Å². The molecule has 0 spiro atoms. The van der Waals surface area contributed by atoms with Crippen molar-refractivity contribution in [3.8, 4) is 0 Å². The van der Waals surface area contributed by atoms with E-state index in [2.05, 4.69) is 4.98 Å². The first kappa shape index (κ1) is 9.67. The van der Waals surface area contributed by atoms with Crippen LogP contribution in [0.15, 0.2) is 12.4 Å². The maximum absolute atomic E-state index is 11.3. The Balaban J connectivity index is 2.25. The number of imidazole rings is 1. The van der Waals surface area contributed by atoms with E-state index >= 15 is 0 Å². The Hall–Kier alpha value is -0.880. The highest BCUT2D eigenvalue weighted by Crippen LogP contribution is 2.24. The number of sulfone groups is 1. The highest BCUT2D eigenvalue weighted by molar-refractivity contribution is 7.91. The van der Waals surface area contributed by atoms with Crippen molar-refractivity contribution in [2.24, 2.45) is 5.73 Å². The first-order valence-electron chi connectivity index (χ1n) is 4.54. The second-order valence-corrected chi connectivity index (χ2v) is 5.74. The predicted molar refractivity (Wildman–Crippen MR) is 52.4 cm³/mol. The molecule has 1 saturated heterocycles. The van der Waals surface area contributed by atoms with Crippen LogP contribution in [0.4, 0.5) is 0 Å². The quantitative estimate of drug-likeness (QED) is 0.734. The van der Waals surface area contributed by atoms with Gasteiger partial charge < -0.3 is 10.3 Å². The van der Waals surface area contributed by atoms with E-state index < -0.39 is 9.84 Å². The summed E-state index contributed by atoms with van der Waals surface area (Å²) in [4.78, 5) is 4.07. The Morgan fingerprint density at radius 1 is 1.64 bits per heavy atom. The van der Waals surface area contributed by atoms with Gasteiger partial charge in [0.2, 0.25) is 0 Å². The number of nitrogens with zero attached hydrogens (tertiary/aromatic N) is 2. The summed E-state index contributed by atoms with van der Waals surface area (Å²) in [6, 6.07) is 0.0287. The second-order valence-electron chi connectivity index (χ2n) is 3.51. The number of hydrogen-bond acceptors (Lipinski definition) is 4. The van der Waals surface area contributed by atoms with Gasteiger partial charge in [-0.05, 0) is 6.42 Å². The van der Waals surface area contributed by atoms with Crippen molar-refractivity contribution in [3.63, 3.8) is 0 Å². The number of nitrogens with two attached hydrogens (primary N) is 1. The van der Waals surface area contributed by atoms with Crippen molar-refractivity contribution in [2.75, 3.05) is 11.5 Å². The Morgan fingerprint density at radius 3 is 3.00 bits per heavy atom. The summed E-state index contributed by atoms with van der Waals surface area (Å²) in [5.74, 6) is 1.25. The van der Waals surface area contributed by atoms with Crippen LogP contribution in [-0.4, -0.2) is 29.5 Å². The topological polar surface area (TPSA) is 78.0 Å². The maximum atomic E-state index is 11.3. The van der Waals surface area contributed by atoms with E-state index in [9.17, 15) is 8.42 Å². The molecule has 5 nitrogen and oxygen atoms in total. The fraction of sp³-hybridized carbons (Fsp3) is 0.625. The van der Waals surface area contributed by atoms with Crippen LogP contribution >= 0.6 is 0 Å². The van der Waals surface area contributed by atoms with Gasteiger partial charge in [0, 0.05) is 18.4 Å². The number of rotatable bonds is 2. The average molecular weight is 215 g/mol. The standard InChI is InChI=1S/C8H13N3O2S/c9-5-8-10-2-3-11(8)7-1-4-14(12,13)6-7/h2-3,7H,1,4-6,9H2. The van der Waals surface area contributed by atoms with Crippen LogP contribution in [0.1, 0.15) is 18.3 Å². The molecule has 0 amide bonds. The van der Waals surface area contributed by atoms with Gasteiger partial charge in [-0.15, -0.1) is 0 Å². The van der Waals surface area contributed by atoms with Gasteiger partial charge in [-0.25, -0.2) is 13.4 Å². The van der Waals surface area contributed by atoms with Crippen LogP contribution in [0, 0.1) is 0 Å². The first-order chi connectivity index (χ1) is 6.62. The van der Waals surface area contributed by atoms with Crippen molar-refractivity contribution in [1.82, 2.24) is 9.55 Å². The van der Waals surface area contributed by atoms with Crippen LogP contribution in [-0.2, 0) is 16.4 Å². The molecule has 0 aromatic carbocycles. The first-order valence-corrected chi connectivity index (χ1v) is 6.37. The zero-order chi connectivity index (χ0) is 10.2. The predicted octanol–water partition coefficient (Wildman–Crippen LogP) is -0.299. The second kappa shape index (κ2) is 3.36. The molecule has 1 aromatic rings. The molecule has 6 heteroatoms. The lowest BCUT2D eigenvalue weighted by molar-refractivity contribution is 0.532. The smallest absolute Gasteiger partial charge is 0.152 e. The molecule has 1 unspecified atom stereocenters. The van der Waals surface area contributed by atoms with E-state index in [0.29, 0.717) is 13.0 Å². The molecule has 1 fully saturated rings. The minimum Gasteiger partial charge on any atom is -0.330 e. The summed E-state index contributed by atoms with van der Waals surface area (Å²) in [5, 5.41) is 0. The summed E-state index contributed by atoms with van der Waals surface area (Å²) < 4.78 is 24.4. The monoisotopic (exact) mass is 215 g/mol. The molecule has 1 atom stereocenters. The highest BCUT2D eigenvalue weighted by atomic mass is 32.2. The fourth-order valence-electron chi connectivity index (χ4n) is 1.83. The van der Waals surface area contributed by atoms with Gasteiger partial charge in [0.25, 0.3) is 0 Å². The average Bonchev–Trinajstić information content (AvgIpc) is 2.70. The maximum Gasteiger partial charge on any atom is 0.152 e. The summed E-state index contributed by atoms with van der Waals surface area (Å²) in [6.45, 7) is 0.351. The zero-order valence-corrected chi connectivity index (χ0v) is 8.57. The van der Waals surface area contributed by atoms with Gasteiger partial charge in [0.15, 0.2) is 9.84 Å². The van der Waals surface area contributed by atoms with Gasteiger partial charge in [-0.1, -0.05) is 0 Å². The largest absolute Gasteiger partial charge is 0.330 e. The van der Waals surface area contributed by atoms with E-state index in [0.717, 1.165) is 5.82 Å². The third-order valence-corrected chi connectivity index (χ3v) is 4.28. The van der Waals surface area contributed by atoms with E-state index in [1.165, 1.54) is 0 Å². The van der Waals surface area contributed by atoms with Crippen LogP contribution in [0.2, 0.25) is 0 Å².